The summed E-state index contributed by atoms with van der Waals surface area (Å²) in [6.45, 7) is 5.29. The van der Waals surface area contributed by atoms with Crippen molar-refractivity contribution < 1.29 is 9.50 Å². The molecule has 1 aromatic carbocycles. The van der Waals surface area contributed by atoms with Crippen LogP contribution >= 0.6 is 0 Å². The van der Waals surface area contributed by atoms with Gasteiger partial charge in [-0.25, -0.2) is 4.39 Å². The summed E-state index contributed by atoms with van der Waals surface area (Å²) in [6.07, 6.45) is 3.66. The van der Waals surface area contributed by atoms with E-state index in [-0.39, 0.29) is 5.75 Å². The van der Waals surface area contributed by atoms with E-state index in [1.807, 2.05) is 0 Å². The lowest BCUT2D eigenvalue weighted by molar-refractivity contribution is 0.225. The van der Waals surface area contributed by atoms with E-state index in [1.165, 1.54) is 31.4 Å². The highest BCUT2D eigenvalue weighted by Crippen LogP contribution is 2.29. The lowest BCUT2D eigenvalue weighted by atomic mass is 9.79. The maximum absolute atomic E-state index is 13.2. The Hall–Kier alpha value is -1.09. The molecule has 0 heterocycles. The molecular formula is C15H22FNO. The van der Waals surface area contributed by atoms with Crippen LogP contribution in [0.25, 0.3) is 0 Å². The molecule has 100 valence electrons. The third-order valence-corrected chi connectivity index (χ3v) is 4.21. The Labute approximate surface area is 108 Å². The lowest BCUT2D eigenvalue weighted by Gasteiger charge is -2.32. The molecule has 1 aromatic rings. The van der Waals surface area contributed by atoms with Gasteiger partial charge < -0.3 is 10.4 Å². The zero-order chi connectivity index (χ0) is 13.1. The van der Waals surface area contributed by atoms with E-state index in [9.17, 15) is 4.39 Å². The minimum atomic E-state index is -0.542. The van der Waals surface area contributed by atoms with Gasteiger partial charge in [0.25, 0.3) is 0 Å². The van der Waals surface area contributed by atoms with Gasteiger partial charge in [0, 0.05) is 12.6 Å². The monoisotopic (exact) mass is 251 g/mol. The van der Waals surface area contributed by atoms with Crippen LogP contribution in [0.3, 0.4) is 0 Å². The number of phenolic OH excluding ortho intramolecular Hbond substituents is 1. The first-order valence-electron chi connectivity index (χ1n) is 6.77. The van der Waals surface area contributed by atoms with Crippen molar-refractivity contribution in [2.24, 2.45) is 11.8 Å². The number of phenols is 1. The second kappa shape index (κ2) is 5.70. The number of hydrogen-bond donors (Lipinski definition) is 2. The molecule has 1 fully saturated rings. The fourth-order valence-electron chi connectivity index (χ4n) is 2.66. The molecule has 0 amide bonds. The van der Waals surface area contributed by atoms with Gasteiger partial charge in [-0.05, 0) is 48.8 Å². The van der Waals surface area contributed by atoms with E-state index in [1.54, 1.807) is 6.07 Å². The van der Waals surface area contributed by atoms with Crippen LogP contribution in [0.1, 0.15) is 38.7 Å². The number of benzene rings is 1. The molecule has 3 heteroatoms. The molecule has 2 nitrogen and oxygen atoms in total. The first kappa shape index (κ1) is 13.3. The molecule has 0 saturated heterocycles. The van der Waals surface area contributed by atoms with Crippen LogP contribution in [0.2, 0.25) is 0 Å². The summed E-state index contributed by atoms with van der Waals surface area (Å²) < 4.78 is 13.2. The third kappa shape index (κ3) is 3.22. The van der Waals surface area contributed by atoms with Crippen molar-refractivity contribution in [1.29, 1.82) is 0 Å². The highest BCUT2D eigenvalue weighted by molar-refractivity contribution is 5.27. The van der Waals surface area contributed by atoms with Gasteiger partial charge in [-0.3, -0.25) is 0 Å². The molecule has 3 atom stereocenters. The summed E-state index contributed by atoms with van der Waals surface area (Å²) in [7, 11) is 0. The van der Waals surface area contributed by atoms with Gasteiger partial charge in [-0.1, -0.05) is 19.9 Å². The quantitative estimate of drug-likeness (QED) is 0.862. The number of rotatable bonds is 3. The van der Waals surface area contributed by atoms with Crippen molar-refractivity contribution in [2.75, 3.05) is 0 Å². The van der Waals surface area contributed by atoms with Gasteiger partial charge in [0.05, 0.1) is 0 Å². The Morgan fingerprint density at radius 1 is 1.28 bits per heavy atom. The van der Waals surface area contributed by atoms with Crippen LogP contribution in [0.5, 0.6) is 5.75 Å². The van der Waals surface area contributed by atoms with Gasteiger partial charge in [-0.2, -0.15) is 0 Å². The van der Waals surface area contributed by atoms with Crippen LogP contribution in [0, 0.1) is 17.7 Å². The smallest absolute Gasteiger partial charge is 0.165 e. The summed E-state index contributed by atoms with van der Waals surface area (Å²) >= 11 is 0. The molecule has 1 saturated carbocycles. The van der Waals surface area contributed by atoms with E-state index in [4.69, 9.17) is 5.11 Å². The summed E-state index contributed by atoms with van der Waals surface area (Å²) in [5, 5.41) is 12.6. The minimum Gasteiger partial charge on any atom is -0.505 e. The summed E-state index contributed by atoms with van der Waals surface area (Å²) in [5.41, 5.74) is 0.886. The van der Waals surface area contributed by atoms with Gasteiger partial charge in [0.1, 0.15) is 0 Å². The van der Waals surface area contributed by atoms with Gasteiger partial charge in [-0.15, -0.1) is 0 Å². The topological polar surface area (TPSA) is 32.3 Å². The van der Waals surface area contributed by atoms with Crippen LogP contribution < -0.4 is 5.32 Å². The molecular weight excluding hydrogens is 229 g/mol. The maximum atomic E-state index is 13.2. The first-order chi connectivity index (χ1) is 8.56. The van der Waals surface area contributed by atoms with Gasteiger partial charge in [0.15, 0.2) is 11.6 Å². The number of halogens is 1. The number of aromatic hydroxyl groups is 1. The lowest BCUT2D eigenvalue weighted by Crippen LogP contribution is -2.35. The Bertz CT molecular complexity index is 407. The molecule has 1 aliphatic rings. The normalized spacial score (nSPS) is 28.3. The van der Waals surface area contributed by atoms with Crippen molar-refractivity contribution in [3.05, 3.63) is 29.6 Å². The minimum absolute atomic E-state index is 0.279. The fraction of sp³-hybridized carbons (Fsp3) is 0.600. The summed E-state index contributed by atoms with van der Waals surface area (Å²) in [5.74, 6) is 0.751. The molecule has 2 N–H and O–H groups in total. The highest BCUT2D eigenvalue weighted by atomic mass is 19.1. The van der Waals surface area contributed by atoms with E-state index >= 15 is 0 Å². The van der Waals surface area contributed by atoms with E-state index in [0.717, 1.165) is 17.4 Å². The zero-order valence-electron chi connectivity index (χ0n) is 11.1. The second-order valence-corrected chi connectivity index (χ2v) is 5.63. The molecule has 0 spiro atoms. The van der Waals surface area contributed by atoms with E-state index in [0.29, 0.717) is 12.6 Å². The Balaban J connectivity index is 1.86. The predicted octanol–water partition coefficient (Wildman–Crippen LogP) is 3.45. The van der Waals surface area contributed by atoms with Gasteiger partial charge >= 0.3 is 0 Å². The fourth-order valence-corrected chi connectivity index (χ4v) is 2.66. The average molecular weight is 251 g/mol. The molecule has 0 aliphatic heterocycles. The molecule has 0 bridgehead atoms. The van der Waals surface area contributed by atoms with Crippen molar-refractivity contribution in [3.8, 4) is 5.75 Å². The van der Waals surface area contributed by atoms with Crippen LogP contribution in [0.4, 0.5) is 4.39 Å². The third-order valence-electron chi connectivity index (χ3n) is 4.21. The standard InChI is InChI=1S/C15H22FNO/c1-10-3-5-13(7-11(10)2)17-9-12-4-6-15(18)14(16)8-12/h4,6,8,10-11,13,17-18H,3,5,7,9H2,1-2H3. The highest BCUT2D eigenvalue weighted by Gasteiger charge is 2.23. The predicted molar refractivity (Wildman–Crippen MR) is 70.9 cm³/mol. The zero-order valence-corrected chi connectivity index (χ0v) is 11.1. The molecule has 18 heavy (non-hydrogen) atoms. The molecule has 3 unspecified atom stereocenters. The maximum Gasteiger partial charge on any atom is 0.165 e. The molecule has 0 aromatic heterocycles. The van der Waals surface area contributed by atoms with Crippen molar-refractivity contribution in [2.45, 2.75) is 45.7 Å². The van der Waals surface area contributed by atoms with E-state index < -0.39 is 5.82 Å². The average Bonchev–Trinajstić information content (AvgIpc) is 2.35. The van der Waals surface area contributed by atoms with Crippen LogP contribution in [-0.4, -0.2) is 11.1 Å². The first-order valence-corrected chi connectivity index (χ1v) is 6.77. The largest absolute Gasteiger partial charge is 0.505 e. The number of nitrogens with one attached hydrogen (secondary N) is 1. The molecule has 1 aliphatic carbocycles. The van der Waals surface area contributed by atoms with Gasteiger partial charge in [0.2, 0.25) is 0 Å². The SMILES string of the molecule is CC1CCC(NCc2ccc(O)c(F)c2)CC1C. The Morgan fingerprint density at radius 2 is 2.06 bits per heavy atom. The van der Waals surface area contributed by atoms with Crippen molar-refractivity contribution >= 4 is 0 Å². The Kier molecular flexibility index (Phi) is 4.23. The molecule has 0 radical (unpaired) electrons. The summed E-state index contributed by atoms with van der Waals surface area (Å²) in [4.78, 5) is 0. The van der Waals surface area contributed by atoms with Crippen molar-refractivity contribution in [1.82, 2.24) is 5.32 Å². The second-order valence-electron chi connectivity index (χ2n) is 5.63. The molecule has 2 rings (SSSR count). The Morgan fingerprint density at radius 3 is 2.72 bits per heavy atom. The number of hydrogen-bond acceptors (Lipinski definition) is 2. The van der Waals surface area contributed by atoms with Crippen LogP contribution in [0.15, 0.2) is 18.2 Å². The van der Waals surface area contributed by atoms with Crippen molar-refractivity contribution in [3.63, 3.8) is 0 Å². The summed E-state index contributed by atoms with van der Waals surface area (Å²) in [6, 6.07) is 5.11. The van der Waals surface area contributed by atoms with E-state index in [2.05, 4.69) is 19.2 Å². The van der Waals surface area contributed by atoms with Crippen LogP contribution in [-0.2, 0) is 6.54 Å².